The lowest BCUT2D eigenvalue weighted by Gasteiger charge is -2.12. The summed E-state index contributed by atoms with van der Waals surface area (Å²) in [6, 6.07) is 21.3. The van der Waals surface area contributed by atoms with E-state index in [9.17, 15) is 9.90 Å². The third-order valence-electron chi connectivity index (χ3n) is 6.11. The second kappa shape index (κ2) is 7.61. The van der Waals surface area contributed by atoms with Crippen molar-refractivity contribution >= 4 is 44.2 Å². The molecule has 4 aromatic carbocycles. The number of methoxy groups -OCH3 is 1. The van der Waals surface area contributed by atoms with E-state index in [-0.39, 0.29) is 17.2 Å². The Morgan fingerprint density at radius 2 is 1.81 bits per heavy atom. The van der Waals surface area contributed by atoms with Crippen LogP contribution in [0.1, 0.15) is 22.8 Å². The van der Waals surface area contributed by atoms with Crippen LogP contribution in [0.15, 0.2) is 66.7 Å². The smallest absolute Gasteiger partial charge is 0.259 e. The molecular formula is C27H24N2O3. The number of hydrogen-bond acceptors (Lipinski definition) is 3. The molecule has 0 aliphatic carbocycles. The van der Waals surface area contributed by atoms with Crippen LogP contribution in [0.5, 0.6) is 11.5 Å². The molecule has 0 radical (unpaired) electrons. The predicted octanol–water partition coefficient (Wildman–Crippen LogP) is 6.24. The van der Waals surface area contributed by atoms with Gasteiger partial charge in [0, 0.05) is 33.9 Å². The van der Waals surface area contributed by atoms with Gasteiger partial charge in [-0.25, -0.2) is 0 Å². The normalized spacial score (nSPS) is 11.3. The molecule has 32 heavy (non-hydrogen) atoms. The van der Waals surface area contributed by atoms with Gasteiger partial charge in [-0.3, -0.25) is 4.79 Å². The second-order valence-electron chi connectivity index (χ2n) is 7.95. The summed E-state index contributed by atoms with van der Waals surface area (Å²) in [5.41, 5.74) is 4.03. The Bertz CT molecular complexity index is 1510. The van der Waals surface area contributed by atoms with E-state index in [1.54, 1.807) is 31.4 Å². The number of nitrogens with zero attached hydrogens (tertiary/aromatic N) is 1. The second-order valence-corrected chi connectivity index (χ2v) is 7.95. The standard InChI is InChI=1S/C27H24N2O3/c1-4-29-24-8-6-5-7-19(24)20-11-9-17-14-22(25(30)15-21(17)26(20)29)27(31)28-23-12-10-18(32-3)13-16(23)2/h5-15,30H,4H2,1-3H3,(H,28,31). The highest BCUT2D eigenvalue weighted by molar-refractivity contribution is 6.19. The number of fused-ring (bicyclic) bond motifs is 5. The zero-order valence-electron chi connectivity index (χ0n) is 18.3. The highest BCUT2D eigenvalue weighted by Crippen LogP contribution is 2.37. The largest absolute Gasteiger partial charge is 0.507 e. The van der Waals surface area contributed by atoms with E-state index in [1.807, 2.05) is 31.2 Å². The molecule has 1 heterocycles. The summed E-state index contributed by atoms with van der Waals surface area (Å²) < 4.78 is 7.48. The Kier molecular flexibility index (Phi) is 4.74. The number of amides is 1. The molecule has 1 amide bonds. The number of anilines is 1. The fourth-order valence-electron chi connectivity index (χ4n) is 4.51. The first-order valence-electron chi connectivity index (χ1n) is 10.6. The van der Waals surface area contributed by atoms with Gasteiger partial charge in [-0.2, -0.15) is 0 Å². The number of hydrogen-bond donors (Lipinski definition) is 2. The minimum Gasteiger partial charge on any atom is -0.507 e. The molecule has 2 N–H and O–H groups in total. The van der Waals surface area contributed by atoms with Gasteiger partial charge in [-0.1, -0.05) is 30.3 Å². The maximum atomic E-state index is 13.0. The van der Waals surface area contributed by atoms with Crippen LogP contribution >= 0.6 is 0 Å². The van der Waals surface area contributed by atoms with E-state index < -0.39 is 0 Å². The minimum absolute atomic E-state index is 0.0402. The Morgan fingerprint density at radius 3 is 2.56 bits per heavy atom. The van der Waals surface area contributed by atoms with Gasteiger partial charge in [-0.05, 0) is 61.2 Å². The topological polar surface area (TPSA) is 63.5 Å². The molecule has 0 saturated heterocycles. The Hall–Kier alpha value is -3.99. The van der Waals surface area contributed by atoms with Crippen molar-refractivity contribution in [3.8, 4) is 11.5 Å². The van der Waals surface area contributed by atoms with Gasteiger partial charge in [0.15, 0.2) is 0 Å². The number of aromatic hydroxyl groups is 1. The average molecular weight is 425 g/mol. The lowest BCUT2D eigenvalue weighted by atomic mass is 10.0. The summed E-state index contributed by atoms with van der Waals surface area (Å²) in [6.45, 7) is 4.82. The molecule has 0 bridgehead atoms. The third kappa shape index (κ3) is 3.05. The Balaban J connectivity index is 1.63. The summed E-state index contributed by atoms with van der Waals surface area (Å²) >= 11 is 0. The van der Waals surface area contributed by atoms with Gasteiger partial charge in [0.25, 0.3) is 5.91 Å². The van der Waals surface area contributed by atoms with Crippen molar-refractivity contribution in [2.45, 2.75) is 20.4 Å². The zero-order valence-corrected chi connectivity index (χ0v) is 18.3. The molecule has 0 fully saturated rings. The van der Waals surface area contributed by atoms with Crippen molar-refractivity contribution < 1.29 is 14.6 Å². The molecule has 0 atom stereocenters. The lowest BCUT2D eigenvalue weighted by Crippen LogP contribution is -2.13. The molecule has 160 valence electrons. The summed E-state index contributed by atoms with van der Waals surface area (Å²) in [5, 5.41) is 17.9. The van der Waals surface area contributed by atoms with E-state index in [1.165, 1.54) is 5.39 Å². The van der Waals surface area contributed by atoms with Crippen molar-refractivity contribution in [3.05, 3.63) is 77.9 Å². The maximum Gasteiger partial charge on any atom is 0.259 e. The van der Waals surface area contributed by atoms with Crippen LogP contribution in [0.3, 0.4) is 0 Å². The van der Waals surface area contributed by atoms with E-state index in [0.717, 1.165) is 45.0 Å². The van der Waals surface area contributed by atoms with E-state index in [2.05, 4.69) is 35.0 Å². The average Bonchev–Trinajstić information content (AvgIpc) is 3.14. The fraction of sp³-hybridized carbons (Fsp3) is 0.148. The summed E-state index contributed by atoms with van der Waals surface area (Å²) in [6.07, 6.45) is 0. The molecule has 0 aliphatic heterocycles. The predicted molar refractivity (Wildman–Crippen MR) is 130 cm³/mol. The van der Waals surface area contributed by atoms with Crippen LogP contribution in [0, 0.1) is 6.92 Å². The first kappa shape index (κ1) is 19.9. The molecule has 5 heteroatoms. The maximum absolute atomic E-state index is 13.0. The van der Waals surface area contributed by atoms with Gasteiger partial charge in [-0.15, -0.1) is 0 Å². The van der Waals surface area contributed by atoms with Crippen LogP contribution in [0.25, 0.3) is 32.6 Å². The van der Waals surface area contributed by atoms with Crippen molar-refractivity contribution in [1.29, 1.82) is 0 Å². The number of para-hydroxylation sites is 1. The highest BCUT2D eigenvalue weighted by atomic mass is 16.5. The number of aromatic nitrogens is 1. The third-order valence-corrected chi connectivity index (χ3v) is 6.11. The fourth-order valence-corrected chi connectivity index (χ4v) is 4.51. The summed E-state index contributed by atoms with van der Waals surface area (Å²) in [4.78, 5) is 13.0. The van der Waals surface area contributed by atoms with Crippen LogP contribution in [-0.4, -0.2) is 22.7 Å². The van der Waals surface area contributed by atoms with Gasteiger partial charge in [0.05, 0.1) is 18.2 Å². The Morgan fingerprint density at radius 1 is 1.00 bits per heavy atom. The number of rotatable bonds is 4. The number of ether oxygens (including phenoxy) is 1. The van der Waals surface area contributed by atoms with E-state index >= 15 is 0 Å². The summed E-state index contributed by atoms with van der Waals surface area (Å²) in [5.74, 6) is 0.333. The molecule has 1 aromatic heterocycles. The van der Waals surface area contributed by atoms with Crippen molar-refractivity contribution in [3.63, 3.8) is 0 Å². The number of nitrogens with one attached hydrogen (secondary N) is 1. The summed E-state index contributed by atoms with van der Waals surface area (Å²) in [7, 11) is 1.61. The van der Waals surface area contributed by atoms with Gasteiger partial charge in [0.1, 0.15) is 11.5 Å². The van der Waals surface area contributed by atoms with Crippen molar-refractivity contribution in [2.75, 3.05) is 12.4 Å². The SMILES string of the molecule is CCn1c2ccccc2c2ccc3cc(C(=O)Nc4ccc(OC)cc4C)c(O)cc3c21. The van der Waals surface area contributed by atoms with E-state index in [0.29, 0.717) is 5.69 Å². The molecule has 5 rings (SSSR count). The van der Waals surface area contributed by atoms with Gasteiger partial charge in [0.2, 0.25) is 0 Å². The first-order valence-corrected chi connectivity index (χ1v) is 10.6. The number of benzene rings is 4. The van der Waals surface area contributed by atoms with Crippen LogP contribution < -0.4 is 10.1 Å². The van der Waals surface area contributed by atoms with Gasteiger partial charge < -0.3 is 19.7 Å². The quantitative estimate of drug-likeness (QED) is 0.359. The number of aryl methyl sites for hydroxylation is 2. The van der Waals surface area contributed by atoms with E-state index in [4.69, 9.17) is 4.74 Å². The molecule has 0 saturated carbocycles. The van der Waals surface area contributed by atoms with Crippen molar-refractivity contribution in [2.24, 2.45) is 0 Å². The first-order chi connectivity index (χ1) is 15.5. The monoisotopic (exact) mass is 424 g/mol. The van der Waals surface area contributed by atoms with Crippen LogP contribution in [0.4, 0.5) is 5.69 Å². The minimum atomic E-state index is -0.353. The van der Waals surface area contributed by atoms with Crippen LogP contribution in [-0.2, 0) is 6.54 Å². The number of phenols is 1. The molecule has 5 aromatic rings. The van der Waals surface area contributed by atoms with Crippen molar-refractivity contribution in [1.82, 2.24) is 4.57 Å². The molecule has 0 unspecified atom stereocenters. The highest BCUT2D eigenvalue weighted by Gasteiger charge is 2.18. The molecule has 0 aliphatic rings. The zero-order chi connectivity index (χ0) is 22.4. The number of carbonyl (C=O) groups excluding carboxylic acids is 1. The number of carbonyl (C=O) groups is 1. The lowest BCUT2D eigenvalue weighted by molar-refractivity contribution is 0.102. The van der Waals surface area contributed by atoms with Gasteiger partial charge >= 0.3 is 0 Å². The molecular weight excluding hydrogens is 400 g/mol. The number of phenolic OH excluding ortho intramolecular Hbond substituents is 1. The molecule has 0 spiro atoms. The Labute approximate surface area is 185 Å². The molecule has 5 nitrogen and oxygen atoms in total. The van der Waals surface area contributed by atoms with Crippen LogP contribution in [0.2, 0.25) is 0 Å².